The van der Waals surface area contributed by atoms with Gasteiger partial charge in [0.25, 0.3) is 0 Å². The second kappa shape index (κ2) is 7.69. The SMILES string of the molecule is Cc1ccc(SCC(=O)NC2(C#N)CCCCCC2)cc1C. The van der Waals surface area contributed by atoms with E-state index in [1.165, 1.54) is 22.9 Å². The fourth-order valence-electron chi connectivity index (χ4n) is 2.85. The van der Waals surface area contributed by atoms with Gasteiger partial charge in [-0.15, -0.1) is 11.8 Å². The van der Waals surface area contributed by atoms with Crippen molar-refractivity contribution in [3.8, 4) is 6.07 Å². The van der Waals surface area contributed by atoms with E-state index < -0.39 is 5.54 Å². The van der Waals surface area contributed by atoms with Crippen LogP contribution in [0, 0.1) is 25.2 Å². The van der Waals surface area contributed by atoms with Gasteiger partial charge in [0.15, 0.2) is 0 Å². The normalized spacial score (nSPS) is 17.3. The van der Waals surface area contributed by atoms with Crippen LogP contribution in [0.3, 0.4) is 0 Å². The van der Waals surface area contributed by atoms with Crippen molar-refractivity contribution in [2.24, 2.45) is 0 Å². The van der Waals surface area contributed by atoms with Crippen molar-refractivity contribution in [2.45, 2.75) is 62.8 Å². The highest BCUT2D eigenvalue weighted by molar-refractivity contribution is 8.00. The number of benzene rings is 1. The van der Waals surface area contributed by atoms with Gasteiger partial charge in [0.1, 0.15) is 5.54 Å². The molecular formula is C18H24N2OS. The second-order valence-corrected chi connectivity index (χ2v) is 7.24. The Morgan fingerprint density at radius 1 is 1.23 bits per heavy atom. The molecule has 118 valence electrons. The van der Waals surface area contributed by atoms with Crippen LogP contribution in [0.1, 0.15) is 49.7 Å². The number of nitriles is 1. The molecule has 1 aliphatic rings. The van der Waals surface area contributed by atoms with Crippen molar-refractivity contribution in [1.82, 2.24) is 5.32 Å². The van der Waals surface area contributed by atoms with Crippen LogP contribution in [0.15, 0.2) is 23.1 Å². The average Bonchev–Trinajstić information content (AvgIpc) is 2.74. The third kappa shape index (κ3) is 4.51. The lowest BCUT2D eigenvalue weighted by molar-refractivity contribution is -0.120. The zero-order valence-electron chi connectivity index (χ0n) is 13.4. The molecule has 0 radical (unpaired) electrons. The summed E-state index contributed by atoms with van der Waals surface area (Å²) in [6, 6.07) is 8.60. The van der Waals surface area contributed by atoms with Crippen molar-refractivity contribution in [3.05, 3.63) is 29.3 Å². The van der Waals surface area contributed by atoms with Gasteiger partial charge in [0.05, 0.1) is 11.8 Å². The molecule has 3 nitrogen and oxygen atoms in total. The predicted molar refractivity (Wildman–Crippen MR) is 90.8 cm³/mol. The maximum absolute atomic E-state index is 12.2. The molecule has 1 saturated carbocycles. The van der Waals surface area contributed by atoms with Crippen molar-refractivity contribution < 1.29 is 4.79 Å². The fourth-order valence-corrected chi connectivity index (χ4v) is 3.65. The maximum atomic E-state index is 12.2. The molecule has 0 bridgehead atoms. The zero-order chi connectivity index (χ0) is 16.0. The quantitative estimate of drug-likeness (QED) is 0.671. The molecule has 2 rings (SSSR count). The van der Waals surface area contributed by atoms with Crippen molar-refractivity contribution in [1.29, 1.82) is 5.26 Å². The highest BCUT2D eigenvalue weighted by atomic mass is 32.2. The molecule has 0 aromatic heterocycles. The van der Waals surface area contributed by atoms with Gasteiger partial charge >= 0.3 is 0 Å². The first kappa shape index (κ1) is 16.9. The van der Waals surface area contributed by atoms with Gasteiger partial charge in [0.2, 0.25) is 5.91 Å². The number of nitrogens with one attached hydrogen (secondary N) is 1. The molecule has 1 aliphatic carbocycles. The summed E-state index contributed by atoms with van der Waals surface area (Å²) in [6.45, 7) is 4.16. The van der Waals surface area contributed by atoms with E-state index in [2.05, 4.69) is 37.4 Å². The molecule has 1 aromatic carbocycles. The Kier molecular flexibility index (Phi) is 5.90. The van der Waals surface area contributed by atoms with Crippen LogP contribution < -0.4 is 5.32 Å². The summed E-state index contributed by atoms with van der Waals surface area (Å²) in [6.07, 6.45) is 5.94. The minimum Gasteiger partial charge on any atom is -0.337 e. The minimum absolute atomic E-state index is 0.0355. The Bertz CT molecular complexity index is 569. The Labute approximate surface area is 137 Å². The molecule has 1 amide bonds. The van der Waals surface area contributed by atoms with Crippen LogP contribution in [0.2, 0.25) is 0 Å². The number of hydrogen-bond acceptors (Lipinski definition) is 3. The summed E-state index contributed by atoms with van der Waals surface area (Å²) in [5, 5.41) is 12.5. The van der Waals surface area contributed by atoms with E-state index in [0.717, 1.165) is 43.4 Å². The lowest BCUT2D eigenvalue weighted by Gasteiger charge is -2.26. The number of hydrogen-bond donors (Lipinski definition) is 1. The maximum Gasteiger partial charge on any atom is 0.231 e. The molecule has 0 heterocycles. The van der Waals surface area contributed by atoms with E-state index in [0.29, 0.717) is 5.75 Å². The number of nitrogens with zero attached hydrogens (tertiary/aromatic N) is 1. The summed E-state index contributed by atoms with van der Waals surface area (Å²) >= 11 is 1.53. The van der Waals surface area contributed by atoms with Crippen molar-refractivity contribution >= 4 is 17.7 Å². The van der Waals surface area contributed by atoms with E-state index in [9.17, 15) is 10.1 Å². The van der Waals surface area contributed by atoms with Crippen LogP contribution >= 0.6 is 11.8 Å². The largest absolute Gasteiger partial charge is 0.337 e. The highest BCUT2D eigenvalue weighted by Crippen LogP contribution is 2.27. The zero-order valence-corrected chi connectivity index (χ0v) is 14.3. The van der Waals surface area contributed by atoms with Crippen molar-refractivity contribution in [2.75, 3.05) is 5.75 Å². The molecule has 0 unspecified atom stereocenters. The molecule has 0 aliphatic heterocycles. The number of aryl methyl sites for hydroxylation is 2. The first-order chi connectivity index (χ1) is 10.5. The topological polar surface area (TPSA) is 52.9 Å². The van der Waals surface area contributed by atoms with E-state index in [1.54, 1.807) is 0 Å². The molecule has 1 aromatic rings. The van der Waals surface area contributed by atoms with E-state index in [1.807, 2.05) is 6.07 Å². The summed E-state index contributed by atoms with van der Waals surface area (Å²) in [4.78, 5) is 13.3. The summed E-state index contributed by atoms with van der Waals surface area (Å²) in [5.41, 5.74) is 1.86. The first-order valence-corrected chi connectivity index (χ1v) is 8.95. The van der Waals surface area contributed by atoms with Crippen molar-refractivity contribution in [3.63, 3.8) is 0 Å². The summed E-state index contributed by atoms with van der Waals surface area (Å²) in [7, 11) is 0. The number of carbonyl (C=O) groups is 1. The molecule has 0 spiro atoms. The van der Waals surface area contributed by atoms with Gasteiger partial charge in [-0.1, -0.05) is 31.7 Å². The van der Waals surface area contributed by atoms with Crippen LogP contribution in [0.5, 0.6) is 0 Å². The monoisotopic (exact) mass is 316 g/mol. The van der Waals surface area contributed by atoms with Crippen LogP contribution in [-0.4, -0.2) is 17.2 Å². The third-order valence-corrected chi connectivity index (χ3v) is 5.39. The lowest BCUT2D eigenvalue weighted by Crippen LogP contribution is -2.47. The summed E-state index contributed by atoms with van der Waals surface area (Å²) in [5.74, 6) is 0.332. The molecule has 1 N–H and O–H groups in total. The van der Waals surface area contributed by atoms with Gasteiger partial charge < -0.3 is 5.32 Å². The van der Waals surface area contributed by atoms with Crippen LogP contribution in [0.4, 0.5) is 0 Å². The molecule has 0 atom stereocenters. The molecule has 1 fully saturated rings. The average molecular weight is 316 g/mol. The van der Waals surface area contributed by atoms with Gasteiger partial charge in [-0.3, -0.25) is 4.79 Å². The fraction of sp³-hybridized carbons (Fsp3) is 0.556. The second-order valence-electron chi connectivity index (χ2n) is 6.19. The number of thioether (sulfide) groups is 1. The lowest BCUT2D eigenvalue weighted by atomic mass is 9.92. The van der Waals surface area contributed by atoms with E-state index in [4.69, 9.17) is 0 Å². The number of carbonyl (C=O) groups excluding carboxylic acids is 1. The molecule has 0 saturated heterocycles. The Hall–Kier alpha value is -1.47. The summed E-state index contributed by atoms with van der Waals surface area (Å²) < 4.78 is 0. The minimum atomic E-state index is -0.642. The molecular weight excluding hydrogens is 292 g/mol. The van der Waals surface area contributed by atoms with Gasteiger partial charge in [-0.2, -0.15) is 5.26 Å². The number of amides is 1. The van der Waals surface area contributed by atoms with Crippen LogP contribution in [0.25, 0.3) is 0 Å². The molecule has 22 heavy (non-hydrogen) atoms. The van der Waals surface area contributed by atoms with Gasteiger partial charge in [-0.25, -0.2) is 0 Å². The van der Waals surface area contributed by atoms with Gasteiger partial charge in [0, 0.05) is 4.90 Å². The van der Waals surface area contributed by atoms with Gasteiger partial charge in [-0.05, 0) is 49.9 Å². The smallest absolute Gasteiger partial charge is 0.231 e. The standard InChI is InChI=1S/C18H24N2OS/c1-14-7-8-16(11-15(14)2)22-12-17(21)20-18(13-19)9-5-3-4-6-10-18/h7-8,11H,3-6,9-10,12H2,1-2H3,(H,20,21). The Morgan fingerprint density at radius 2 is 1.91 bits per heavy atom. The number of rotatable bonds is 4. The Balaban J connectivity index is 1.91. The molecule has 4 heteroatoms. The first-order valence-electron chi connectivity index (χ1n) is 7.97. The predicted octanol–water partition coefficient (Wildman–Crippen LogP) is 4.13. The van der Waals surface area contributed by atoms with E-state index >= 15 is 0 Å². The Morgan fingerprint density at radius 3 is 2.50 bits per heavy atom. The highest BCUT2D eigenvalue weighted by Gasteiger charge is 2.32. The van der Waals surface area contributed by atoms with E-state index in [-0.39, 0.29) is 5.91 Å². The third-order valence-electron chi connectivity index (χ3n) is 4.40. The van der Waals surface area contributed by atoms with Crippen LogP contribution in [-0.2, 0) is 4.79 Å².